The average molecular weight is 1710 g/mol. The van der Waals surface area contributed by atoms with Crippen molar-refractivity contribution in [3.8, 4) is 0 Å². The SMILES string of the molecule is C1=NC(c2ccccc2)C(c2ccccc2)N=Cc2cc3cc(c2)C=NC(c2ccccc2)C(c2ccccc2)N=Cc2cc4cc(c2)C=NC(c2ccccc2)C(c2ccccc2)N=Cc2cc(cc(c2)C=NC(c2ccccc2)C(c2ccccc2)N=C3)C=NC(c2ccccc2)C(c2ccccc2)N=Cc2cc1cc(c2)C=NC(c1ccccc1)C(c1ccccc1)N=C4. The highest BCUT2D eigenvalue weighted by Gasteiger charge is 2.31. The van der Waals surface area contributed by atoms with Crippen molar-refractivity contribution in [3.63, 3.8) is 0 Å². The van der Waals surface area contributed by atoms with Gasteiger partial charge < -0.3 is 0 Å². The Labute approximate surface area is 772 Å². The lowest BCUT2D eigenvalue weighted by atomic mass is 9.93. The normalized spacial score (nSPS) is 20.4. The van der Waals surface area contributed by atoms with E-state index in [4.69, 9.17) is 59.9 Å². The van der Waals surface area contributed by atoms with Gasteiger partial charge in [0, 0.05) is 74.6 Å². The summed E-state index contributed by atoms with van der Waals surface area (Å²) in [5.41, 5.74) is 21.5. The van der Waals surface area contributed by atoms with Gasteiger partial charge in [-0.3, -0.25) is 59.9 Å². The maximum absolute atomic E-state index is 5.79. The predicted molar refractivity (Wildman–Crippen MR) is 547 cm³/mol. The Bertz CT molecular complexity index is 5360. The molecule has 0 N–H and O–H groups in total. The minimum atomic E-state index is -0.560. The van der Waals surface area contributed by atoms with Gasteiger partial charge in [0.2, 0.25) is 0 Å². The third kappa shape index (κ3) is 21.4. The van der Waals surface area contributed by atoms with Gasteiger partial charge in [0.25, 0.3) is 0 Å². The lowest BCUT2D eigenvalue weighted by Crippen LogP contribution is -2.10. The molecule has 0 saturated carbocycles. The van der Waals surface area contributed by atoms with Crippen LogP contribution in [0.1, 0.15) is 206 Å². The quantitative estimate of drug-likeness (QED) is 0.115. The summed E-state index contributed by atoms with van der Waals surface area (Å²) in [4.78, 5) is 69.4. The molecular weight excluding hydrogens is 1610 g/mol. The molecule has 0 aromatic heterocycles. The molecule has 0 spiro atoms. The highest BCUT2D eigenvalue weighted by Crippen LogP contribution is 2.44. The van der Waals surface area contributed by atoms with Crippen LogP contribution in [-0.2, 0) is 0 Å². The van der Waals surface area contributed by atoms with E-state index in [1.807, 2.05) is 147 Å². The van der Waals surface area contributed by atoms with Crippen LogP contribution in [0, 0.1) is 0 Å². The molecule has 12 nitrogen and oxygen atoms in total. The first-order valence-electron chi connectivity index (χ1n) is 45.0. The van der Waals surface area contributed by atoms with E-state index in [-0.39, 0.29) is 0 Å². The summed E-state index contributed by atoms with van der Waals surface area (Å²) in [6.07, 6.45) is 24.0. The summed E-state index contributed by atoms with van der Waals surface area (Å²) in [7, 11) is 0. The zero-order valence-corrected chi connectivity index (χ0v) is 72.8. The molecule has 0 amide bonds. The Morgan fingerprint density at radius 1 is 0.0909 bits per heavy atom. The molecule has 16 aromatic rings. The zero-order valence-electron chi connectivity index (χ0n) is 72.8. The number of benzene rings is 16. The fourth-order valence-electron chi connectivity index (χ4n) is 17.7. The van der Waals surface area contributed by atoms with Crippen LogP contribution in [0.3, 0.4) is 0 Å². The summed E-state index contributed by atoms with van der Waals surface area (Å²) >= 11 is 0. The Kier molecular flexibility index (Phi) is 27.0. The van der Waals surface area contributed by atoms with Crippen molar-refractivity contribution in [2.24, 2.45) is 59.9 Å². The van der Waals surface area contributed by atoms with Gasteiger partial charge in [0.15, 0.2) is 0 Å². The first kappa shape index (κ1) is 85.0. The molecule has 12 bridgehead atoms. The molecule has 20 rings (SSSR count). The van der Waals surface area contributed by atoms with Crippen LogP contribution in [0.4, 0.5) is 0 Å². The summed E-state index contributed by atoms with van der Waals surface area (Å²) in [5.74, 6) is 0. The van der Waals surface area contributed by atoms with Crippen LogP contribution >= 0.6 is 0 Å². The van der Waals surface area contributed by atoms with E-state index in [1.54, 1.807) is 0 Å². The van der Waals surface area contributed by atoms with E-state index < -0.39 is 72.5 Å². The third-order valence-electron chi connectivity index (χ3n) is 24.1. The highest BCUT2D eigenvalue weighted by molar-refractivity contribution is 5.96. The maximum Gasteiger partial charge on any atom is 0.101 e. The monoisotopic (exact) mass is 1700 g/mol. The van der Waals surface area contributed by atoms with Crippen molar-refractivity contribution >= 4 is 74.6 Å². The molecular formula is C120H96N12. The fourth-order valence-corrected chi connectivity index (χ4v) is 17.7. The molecule has 16 aromatic carbocycles. The molecule has 0 radical (unpaired) electrons. The molecule has 12 unspecified atom stereocenters. The van der Waals surface area contributed by atoms with Crippen LogP contribution in [0.2, 0.25) is 0 Å². The lowest BCUT2D eigenvalue weighted by Gasteiger charge is -2.23. The molecule has 0 aliphatic carbocycles. The van der Waals surface area contributed by atoms with Gasteiger partial charge in [-0.05, 0) is 206 Å². The van der Waals surface area contributed by atoms with Crippen molar-refractivity contribution < 1.29 is 0 Å². The van der Waals surface area contributed by atoms with E-state index >= 15 is 0 Å². The lowest BCUT2D eigenvalue weighted by molar-refractivity contribution is 0.583. The van der Waals surface area contributed by atoms with Gasteiger partial charge in [-0.1, -0.05) is 364 Å². The van der Waals surface area contributed by atoms with Gasteiger partial charge in [0.1, 0.15) is 72.5 Å². The number of nitrogens with zero attached hydrogens (tertiary/aromatic N) is 12. The Balaban J connectivity index is 0.936. The first-order valence-corrected chi connectivity index (χ1v) is 45.0. The predicted octanol–water partition coefficient (Wildman–Crippen LogP) is 26.8. The molecule has 4 heterocycles. The summed E-state index contributed by atoms with van der Waals surface area (Å²) in [6.45, 7) is 0. The molecule has 636 valence electrons. The van der Waals surface area contributed by atoms with Gasteiger partial charge in [-0.15, -0.1) is 0 Å². The van der Waals surface area contributed by atoms with Crippen LogP contribution in [-0.4, -0.2) is 74.6 Å². The van der Waals surface area contributed by atoms with E-state index in [0.717, 1.165) is 134 Å². The van der Waals surface area contributed by atoms with E-state index in [1.165, 1.54) is 0 Å². The first-order chi connectivity index (χ1) is 65.4. The second kappa shape index (κ2) is 42.0. The number of hydrogen-bond acceptors (Lipinski definition) is 12. The minimum absolute atomic E-state index is 0.560. The van der Waals surface area contributed by atoms with E-state index in [2.05, 4.69) is 364 Å². The van der Waals surface area contributed by atoms with Gasteiger partial charge in [0.05, 0.1) is 0 Å². The standard InChI is InChI=1S/C120H96N12/c1-13-37-97(38-14-1)109-110(98-39-15-2-16-40-98)122-74-86-63-89-66-90(64-86)78-126-116(104-51-27-8-28-52-104)118(106-55-31-10-32-56-106)130-82-94-68-92-70-96(72-94)84-132-120(108-59-35-12-36-60-108)119(107-57-33-11-34-58-107)131-83-95-69-91(67-93(71-95)81-129-117(105-53-29-9-30-54-105)115(125-77-89)103-49-25-7-26-50-103)79-127-113(101-45-21-5-22-46-101)111(99-41-17-3-18-42-99)123-75-87-61-85(73-121-109)62-88(65-87)76-124-112(100-43-19-4-20-44-100)114(128-80-92)102-47-23-6-24-48-102/h1-84,109-120H. The van der Waals surface area contributed by atoms with Crippen LogP contribution in [0.15, 0.2) is 497 Å². The van der Waals surface area contributed by atoms with E-state index in [9.17, 15) is 0 Å². The van der Waals surface area contributed by atoms with Crippen LogP contribution in [0.5, 0.6) is 0 Å². The van der Waals surface area contributed by atoms with Crippen molar-refractivity contribution in [1.29, 1.82) is 0 Å². The molecule has 12 atom stereocenters. The van der Waals surface area contributed by atoms with E-state index in [0.29, 0.717) is 0 Å². The second-order valence-electron chi connectivity index (χ2n) is 33.3. The highest BCUT2D eigenvalue weighted by atomic mass is 15.0. The summed E-state index contributed by atoms with van der Waals surface area (Å²) in [5, 5.41) is 0. The van der Waals surface area contributed by atoms with Crippen molar-refractivity contribution in [2.45, 2.75) is 72.5 Å². The molecule has 0 fully saturated rings. The van der Waals surface area contributed by atoms with Crippen LogP contribution in [0.25, 0.3) is 0 Å². The third-order valence-corrected chi connectivity index (χ3v) is 24.1. The van der Waals surface area contributed by atoms with Crippen molar-refractivity contribution in [1.82, 2.24) is 0 Å². The molecule has 12 heteroatoms. The van der Waals surface area contributed by atoms with Crippen LogP contribution < -0.4 is 0 Å². The topological polar surface area (TPSA) is 148 Å². The molecule has 4 aliphatic rings. The number of hydrogen-bond donors (Lipinski definition) is 0. The Morgan fingerprint density at radius 2 is 0.159 bits per heavy atom. The molecule has 132 heavy (non-hydrogen) atoms. The fraction of sp³-hybridized carbons (Fsp3) is 0.100. The Morgan fingerprint density at radius 3 is 0.227 bits per heavy atom. The minimum Gasteiger partial charge on any atom is -0.282 e. The maximum atomic E-state index is 5.79. The number of aliphatic imine (C=N–C) groups is 12. The zero-order chi connectivity index (χ0) is 88.7. The van der Waals surface area contributed by atoms with Gasteiger partial charge in [-0.25, -0.2) is 0 Å². The molecule has 4 aliphatic heterocycles. The Hall–Kier alpha value is -16.4. The largest absolute Gasteiger partial charge is 0.282 e. The van der Waals surface area contributed by atoms with Crippen molar-refractivity contribution in [3.05, 3.63) is 570 Å². The summed E-state index contributed by atoms with van der Waals surface area (Å²) < 4.78 is 0. The van der Waals surface area contributed by atoms with Gasteiger partial charge >= 0.3 is 0 Å². The second-order valence-corrected chi connectivity index (χ2v) is 33.3. The summed E-state index contributed by atoms with van der Waals surface area (Å²) in [6, 6.07) is 145. The number of rotatable bonds is 12. The average Bonchev–Trinajstić information content (AvgIpc) is 0.877. The molecule has 0 saturated heterocycles. The number of fused-ring (bicyclic) bond motifs is 18. The smallest absolute Gasteiger partial charge is 0.101 e. The van der Waals surface area contributed by atoms with Crippen molar-refractivity contribution in [2.75, 3.05) is 0 Å². The van der Waals surface area contributed by atoms with Gasteiger partial charge in [-0.2, -0.15) is 0 Å².